The lowest BCUT2D eigenvalue weighted by Crippen LogP contribution is -2.43. The molecule has 1 aromatic carbocycles. The molecule has 128 valence electrons. The van der Waals surface area contributed by atoms with Gasteiger partial charge in [-0.05, 0) is 38.0 Å². The number of amides is 1. The van der Waals surface area contributed by atoms with Gasteiger partial charge in [-0.15, -0.1) is 0 Å². The van der Waals surface area contributed by atoms with E-state index in [-0.39, 0.29) is 18.8 Å². The summed E-state index contributed by atoms with van der Waals surface area (Å²) in [6, 6.07) is 4.63. The first kappa shape index (κ1) is 17.7. The molecule has 0 unspecified atom stereocenters. The van der Waals surface area contributed by atoms with Gasteiger partial charge in [0.2, 0.25) is 0 Å². The van der Waals surface area contributed by atoms with E-state index >= 15 is 0 Å². The second-order valence-corrected chi connectivity index (χ2v) is 5.52. The summed E-state index contributed by atoms with van der Waals surface area (Å²) in [5.74, 6) is -1.30. The Bertz CT molecular complexity index is 762. The number of hydrogen-bond donors (Lipinski definition) is 1. The van der Waals surface area contributed by atoms with Gasteiger partial charge in [-0.25, -0.2) is 4.79 Å². The standard InChI is InChI=1S/C18H21NO5/c1-4-12-6-7-16-13(9-12)14(10-24-16)17(21)19-15(8-11(3)20)18(22)23-5-2/h6-7,9-10,15H,4-5,8H2,1-3H3,(H,19,21)/t15-/m1/s1. The van der Waals surface area contributed by atoms with Crippen LogP contribution in [0.4, 0.5) is 0 Å². The van der Waals surface area contributed by atoms with E-state index in [1.165, 1.54) is 13.2 Å². The summed E-state index contributed by atoms with van der Waals surface area (Å²) in [7, 11) is 0. The lowest BCUT2D eigenvalue weighted by atomic mass is 10.1. The molecule has 0 aliphatic heterocycles. The maximum atomic E-state index is 12.5. The summed E-state index contributed by atoms with van der Waals surface area (Å²) in [5, 5.41) is 3.25. The first-order chi connectivity index (χ1) is 11.5. The van der Waals surface area contributed by atoms with Crippen molar-refractivity contribution < 1.29 is 23.5 Å². The highest BCUT2D eigenvalue weighted by atomic mass is 16.5. The molecule has 0 bridgehead atoms. The number of carbonyl (C=O) groups is 3. The first-order valence-electron chi connectivity index (χ1n) is 7.93. The summed E-state index contributed by atoms with van der Waals surface area (Å²) in [6.45, 7) is 5.22. The fraction of sp³-hybridized carbons (Fsp3) is 0.389. The van der Waals surface area contributed by atoms with E-state index in [1.807, 2.05) is 25.1 Å². The number of ether oxygens (including phenoxy) is 1. The minimum atomic E-state index is -1.01. The fourth-order valence-corrected chi connectivity index (χ4v) is 2.43. The zero-order valence-electron chi connectivity index (χ0n) is 14.0. The summed E-state index contributed by atoms with van der Waals surface area (Å²) >= 11 is 0. The molecule has 2 rings (SSSR count). The molecular weight excluding hydrogens is 310 g/mol. The molecule has 1 N–H and O–H groups in total. The van der Waals surface area contributed by atoms with E-state index in [0.29, 0.717) is 16.5 Å². The van der Waals surface area contributed by atoms with Crippen molar-refractivity contribution in [3.8, 4) is 0 Å². The van der Waals surface area contributed by atoms with E-state index in [1.54, 1.807) is 6.92 Å². The Hall–Kier alpha value is -2.63. The van der Waals surface area contributed by atoms with E-state index in [2.05, 4.69) is 5.32 Å². The molecule has 0 fully saturated rings. The molecule has 2 aromatic rings. The molecule has 0 saturated carbocycles. The zero-order valence-corrected chi connectivity index (χ0v) is 14.0. The summed E-state index contributed by atoms with van der Waals surface area (Å²) in [4.78, 5) is 35.8. The highest BCUT2D eigenvalue weighted by molar-refractivity contribution is 6.07. The van der Waals surface area contributed by atoms with Crippen LogP contribution in [0.2, 0.25) is 0 Å². The van der Waals surface area contributed by atoms with Gasteiger partial charge in [-0.3, -0.25) is 9.59 Å². The Morgan fingerprint density at radius 3 is 2.62 bits per heavy atom. The highest BCUT2D eigenvalue weighted by Gasteiger charge is 2.25. The molecule has 0 radical (unpaired) electrons. The number of benzene rings is 1. The van der Waals surface area contributed by atoms with Gasteiger partial charge in [-0.1, -0.05) is 13.0 Å². The normalized spacial score (nSPS) is 12.0. The summed E-state index contributed by atoms with van der Waals surface area (Å²) in [6.07, 6.45) is 2.08. The first-order valence-corrected chi connectivity index (χ1v) is 7.93. The molecule has 0 saturated heterocycles. The molecule has 0 spiro atoms. The quantitative estimate of drug-likeness (QED) is 0.788. The third-order valence-corrected chi connectivity index (χ3v) is 3.66. The molecule has 1 amide bonds. The zero-order chi connectivity index (χ0) is 17.7. The van der Waals surface area contributed by atoms with Crippen molar-refractivity contribution in [1.82, 2.24) is 5.32 Å². The highest BCUT2D eigenvalue weighted by Crippen LogP contribution is 2.23. The second-order valence-electron chi connectivity index (χ2n) is 5.52. The van der Waals surface area contributed by atoms with Crippen LogP contribution in [0.5, 0.6) is 0 Å². The van der Waals surface area contributed by atoms with E-state index in [9.17, 15) is 14.4 Å². The third kappa shape index (κ3) is 4.01. The maximum absolute atomic E-state index is 12.5. The van der Waals surface area contributed by atoms with Gasteiger partial charge in [0.05, 0.1) is 12.2 Å². The average Bonchev–Trinajstić information content (AvgIpc) is 2.96. The minimum Gasteiger partial charge on any atom is -0.464 e. The van der Waals surface area contributed by atoms with Crippen LogP contribution in [-0.4, -0.2) is 30.3 Å². The van der Waals surface area contributed by atoms with Crippen LogP contribution in [0.1, 0.15) is 43.1 Å². The number of furan rings is 1. The number of hydrogen-bond acceptors (Lipinski definition) is 5. The SMILES string of the molecule is CCOC(=O)[C@@H](CC(C)=O)NC(=O)c1coc2ccc(CC)cc12. The summed E-state index contributed by atoms with van der Waals surface area (Å²) in [5.41, 5.74) is 2.00. The van der Waals surface area contributed by atoms with Crippen molar-refractivity contribution in [2.45, 2.75) is 39.7 Å². The fourth-order valence-electron chi connectivity index (χ4n) is 2.43. The van der Waals surface area contributed by atoms with Gasteiger partial charge in [-0.2, -0.15) is 0 Å². The molecule has 1 atom stereocenters. The number of carbonyl (C=O) groups excluding carboxylic acids is 3. The molecule has 6 nitrogen and oxygen atoms in total. The van der Waals surface area contributed by atoms with Crippen LogP contribution in [0.15, 0.2) is 28.9 Å². The van der Waals surface area contributed by atoms with Crippen LogP contribution in [0, 0.1) is 0 Å². The smallest absolute Gasteiger partial charge is 0.329 e. The van der Waals surface area contributed by atoms with Crippen LogP contribution in [0.3, 0.4) is 0 Å². The number of ketones is 1. The second kappa shape index (κ2) is 7.77. The number of aryl methyl sites for hydroxylation is 1. The van der Waals surface area contributed by atoms with Crippen molar-refractivity contribution in [2.75, 3.05) is 6.61 Å². The van der Waals surface area contributed by atoms with E-state index in [0.717, 1.165) is 12.0 Å². The van der Waals surface area contributed by atoms with Crippen LogP contribution >= 0.6 is 0 Å². The van der Waals surface area contributed by atoms with E-state index < -0.39 is 17.9 Å². The Morgan fingerprint density at radius 2 is 2.00 bits per heavy atom. The Labute approximate surface area is 140 Å². The Balaban J connectivity index is 2.26. The Morgan fingerprint density at radius 1 is 1.25 bits per heavy atom. The minimum absolute atomic E-state index is 0.111. The van der Waals surface area contributed by atoms with Crippen molar-refractivity contribution >= 4 is 28.6 Å². The summed E-state index contributed by atoms with van der Waals surface area (Å²) < 4.78 is 10.3. The Kier molecular flexibility index (Phi) is 5.73. The van der Waals surface area contributed by atoms with Gasteiger partial charge in [0.25, 0.3) is 5.91 Å². The molecule has 24 heavy (non-hydrogen) atoms. The lowest BCUT2D eigenvalue weighted by molar-refractivity contribution is -0.146. The number of nitrogens with one attached hydrogen (secondary N) is 1. The predicted molar refractivity (Wildman–Crippen MR) is 88.8 cm³/mol. The molecule has 6 heteroatoms. The number of rotatable bonds is 7. The largest absolute Gasteiger partial charge is 0.464 e. The van der Waals surface area contributed by atoms with Crippen molar-refractivity contribution in [1.29, 1.82) is 0 Å². The molecule has 0 aliphatic rings. The maximum Gasteiger partial charge on any atom is 0.329 e. The van der Waals surface area contributed by atoms with Gasteiger partial charge >= 0.3 is 5.97 Å². The van der Waals surface area contributed by atoms with Crippen LogP contribution < -0.4 is 5.32 Å². The molecule has 0 aliphatic carbocycles. The number of fused-ring (bicyclic) bond motifs is 1. The van der Waals surface area contributed by atoms with Crippen LogP contribution in [0.25, 0.3) is 11.0 Å². The van der Waals surface area contributed by atoms with Gasteiger partial charge in [0.15, 0.2) is 0 Å². The third-order valence-electron chi connectivity index (χ3n) is 3.66. The van der Waals surface area contributed by atoms with Crippen molar-refractivity contribution in [3.63, 3.8) is 0 Å². The molecular formula is C18H21NO5. The topological polar surface area (TPSA) is 85.6 Å². The molecule has 1 heterocycles. The monoisotopic (exact) mass is 331 g/mol. The number of esters is 1. The van der Waals surface area contributed by atoms with Gasteiger partial charge in [0, 0.05) is 11.8 Å². The molecule has 1 aromatic heterocycles. The average molecular weight is 331 g/mol. The van der Waals surface area contributed by atoms with Crippen molar-refractivity contribution in [3.05, 3.63) is 35.6 Å². The van der Waals surface area contributed by atoms with Gasteiger partial charge < -0.3 is 14.5 Å². The van der Waals surface area contributed by atoms with Crippen molar-refractivity contribution in [2.24, 2.45) is 0 Å². The predicted octanol–water partition coefficient (Wildman–Crippen LogP) is 2.64. The number of Topliss-reactive ketones (excluding diaryl/α,β-unsaturated/α-hetero) is 1. The van der Waals surface area contributed by atoms with E-state index in [4.69, 9.17) is 9.15 Å². The lowest BCUT2D eigenvalue weighted by Gasteiger charge is -2.15. The van der Waals surface area contributed by atoms with Gasteiger partial charge in [0.1, 0.15) is 23.7 Å². The van der Waals surface area contributed by atoms with Crippen LogP contribution in [-0.2, 0) is 20.7 Å².